The van der Waals surface area contributed by atoms with Crippen LogP contribution in [0.2, 0.25) is 0 Å². The summed E-state index contributed by atoms with van der Waals surface area (Å²) < 4.78 is 2.76. The van der Waals surface area contributed by atoms with Crippen molar-refractivity contribution in [3.8, 4) is 0 Å². The van der Waals surface area contributed by atoms with Crippen LogP contribution in [0.5, 0.6) is 0 Å². The van der Waals surface area contributed by atoms with E-state index in [2.05, 4.69) is 36.0 Å². The van der Waals surface area contributed by atoms with Gasteiger partial charge >= 0.3 is 0 Å². The third-order valence-corrected chi connectivity index (χ3v) is 3.65. The molecule has 1 aliphatic rings. The number of halogens is 1. The topological polar surface area (TPSA) is 72.3 Å². The van der Waals surface area contributed by atoms with Crippen LogP contribution in [-0.2, 0) is 0 Å². The van der Waals surface area contributed by atoms with Gasteiger partial charge in [-0.1, -0.05) is 0 Å². The minimum atomic E-state index is 0.318. The average molecular weight is 297 g/mol. The lowest BCUT2D eigenvalue weighted by Crippen LogP contribution is -2.40. The average Bonchev–Trinajstić information content (AvgIpc) is 2.81. The van der Waals surface area contributed by atoms with Gasteiger partial charge in [0.1, 0.15) is 6.33 Å². The lowest BCUT2D eigenvalue weighted by atomic mass is 10.1. The van der Waals surface area contributed by atoms with Crippen molar-refractivity contribution >= 4 is 27.5 Å². The molecule has 2 N–H and O–H groups in total. The molecule has 0 spiro atoms. The van der Waals surface area contributed by atoms with E-state index in [1.807, 2.05) is 4.40 Å². The predicted molar refractivity (Wildman–Crippen MR) is 67.9 cm³/mol. The highest BCUT2D eigenvalue weighted by Crippen LogP contribution is 2.22. The first kappa shape index (κ1) is 10.9. The summed E-state index contributed by atoms with van der Waals surface area (Å²) in [7, 11) is 0. The van der Waals surface area contributed by atoms with E-state index in [0.717, 1.165) is 42.0 Å². The fraction of sp³-hybridized carbons (Fsp3) is 0.500. The first-order valence-corrected chi connectivity index (χ1v) is 6.40. The molecule has 17 heavy (non-hydrogen) atoms. The molecule has 0 saturated carbocycles. The Bertz CT molecular complexity index is 531. The predicted octanol–water partition coefficient (Wildman–Crippen LogP) is 0.814. The number of piperidine rings is 1. The quantitative estimate of drug-likeness (QED) is 0.843. The Balaban J connectivity index is 2.00. The van der Waals surface area contributed by atoms with Crippen LogP contribution in [0.15, 0.2) is 17.0 Å². The molecule has 3 rings (SSSR count). The van der Waals surface area contributed by atoms with Crippen molar-refractivity contribution in [3.63, 3.8) is 0 Å². The van der Waals surface area contributed by atoms with E-state index in [1.54, 1.807) is 12.5 Å². The van der Waals surface area contributed by atoms with Crippen LogP contribution in [0.1, 0.15) is 12.8 Å². The van der Waals surface area contributed by atoms with E-state index in [-0.39, 0.29) is 0 Å². The zero-order chi connectivity index (χ0) is 11.8. The van der Waals surface area contributed by atoms with Crippen molar-refractivity contribution < 1.29 is 0 Å². The molecule has 1 aliphatic heterocycles. The normalized spacial score (nSPS) is 17.9. The molecule has 2 aromatic rings. The molecule has 1 fully saturated rings. The van der Waals surface area contributed by atoms with Crippen LogP contribution in [-0.4, -0.2) is 38.7 Å². The second kappa shape index (κ2) is 4.23. The molecule has 0 unspecified atom stereocenters. The van der Waals surface area contributed by atoms with E-state index in [0.29, 0.717) is 6.04 Å². The Morgan fingerprint density at radius 1 is 1.35 bits per heavy atom. The van der Waals surface area contributed by atoms with Gasteiger partial charge in [0.05, 0.1) is 4.47 Å². The Hall–Kier alpha value is -1.21. The van der Waals surface area contributed by atoms with Gasteiger partial charge in [0.25, 0.3) is 0 Å². The fourth-order valence-electron chi connectivity index (χ4n) is 2.11. The Kier molecular flexibility index (Phi) is 2.71. The Labute approximate surface area is 107 Å². The standard InChI is InChI=1S/C10H13BrN6/c11-8-5-13-10(17-6-14-15-9(8)17)16-3-1-7(12)2-4-16/h5-7H,1-4,12H2. The maximum absolute atomic E-state index is 5.91. The van der Waals surface area contributed by atoms with Gasteiger partial charge in [0.15, 0.2) is 5.65 Å². The summed E-state index contributed by atoms with van der Waals surface area (Å²) in [6.07, 6.45) is 5.47. The maximum Gasteiger partial charge on any atom is 0.212 e. The second-order valence-electron chi connectivity index (χ2n) is 4.26. The lowest BCUT2D eigenvalue weighted by molar-refractivity contribution is 0.494. The van der Waals surface area contributed by atoms with E-state index >= 15 is 0 Å². The van der Waals surface area contributed by atoms with E-state index in [9.17, 15) is 0 Å². The van der Waals surface area contributed by atoms with Crippen LogP contribution < -0.4 is 10.6 Å². The number of fused-ring (bicyclic) bond motifs is 1. The van der Waals surface area contributed by atoms with Crippen molar-refractivity contribution in [3.05, 3.63) is 17.0 Å². The van der Waals surface area contributed by atoms with Gasteiger partial charge in [0, 0.05) is 25.3 Å². The molecule has 7 heteroatoms. The molecule has 0 amide bonds. The molecule has 6 nitrogen and oxygen atoms in total. The van der Waals surface area contributed by atoms with Gasteiger partial charge in [0.2, 0.25) is 5.95 Å². The van der Waals surface area contributed by atoms with Crippen LogP contribution >= 0.6 is 15.9 Å². The molecular formula is C10H13BrN6. The number of nitrogens with two attached hydrogens (primary N) is 1. The third kappa shape index (κ3) is 1.89. The monoisotopic (exact) mass is 296 g/mol. The first-order chi connectivity index (χ1) is 8.25. The molecule has 2 aromatic heterocycles. The van der Waals surface area contributed by atoms with Crippen LogP contribution in [0, 0.1) is 0 Å². The van der Waals surface area contributed by atoms with Crippen molar-refractivity contribution in [1.82, 2.24) is 19.6 Å². The second-order valence-corrected chi connectivity index (χ2v) is 5.11. The van der Waals surface area contributed by atoms with Gasteiger partial charge in [-0.25, -0.2) is 9.38 Å². The molecule has 0 atom stereocenters. The lowest BCUT2D eigenvalue weighted by Gasteiger charge is -2.31. The smallest absolute Gasteiger partial charge is 0.212 e. The number of nitrogens with zero attached hydrogens (tertiary/aromatic N) is 5. The zero-order valence-corrected chi connectivity index (χ0v) is 10.8. The van der Waals surface area contributed by atoms with Crippen molar-refractivity contribution in [2.45, 2.75) is 18.9 Å². The van der Waals surface area contributed by atoms with E-state index < -0.39 is 0 Å². The highest BCUT2D eigenvalue weighted by atomic mass is 79.9. The van der Waals surface area contributed by atoms with Gasteiger partial charge in [-0.3, -0.25) is 0 Å². The number of rotatable bonds is 1. The molecule has 0 bridgehead atoms. The SMILES string of the molecule is NC1CCN(c2ncc(Br)c3nncn23)CC1. The summed E-state index contributed by atoms with van der Waals surface area (Å²) in [5.41, 5.74) is 6.70. The van der Waals surface area contributed by atoms with Gasteiger partial charge in [-0.05, 0) is 28.8 Å². The number of anilines is 1. The highest BCUT2D eigenvalue weighted by Gasteiger charge is 2.20. The molecular weight excluding hydrogens is 284 g/mol. The van der Waals surface area contributed by atoms with Crippen LogP contribution in [0.4, 0.5) is 5.95 Å². The van der Waals surface area contributed by atoms with Crippen molar-refractivity contribution in [2.75, 3.05) is 18.0 Å². The van der Waals surface area contributed by atoms with Crippen molar-refractivity contribution in [1.29, 1.82) is 0 Å². The molecule has 0 aliphatic carbocycles. The zero-order valence-electron chi connectivity index (χ0n) is 9.25. The molecule has 0 aromatic carbocycles. The molecule has 3 heterocycles. The van der Waals surface area contributed by atoms with Gasteiger partial charge in [-0.2, -0.15) is 0 Å². The summed E-state index contributed by atoms with van der Waals surface area (Å²) in [4.78, 5) is 6.68. The van der Waals surface area contributed by atoms with Crippen LogP contribution in [0.3, 0.4) is 0 Å². The Morgan fingerprint density at radius 2 is 2.12 bits per heavy atom. The third-order valence-electron chi connectivity index (χ3n) is 3.09. The largest absolute Gasteiger partial charge is 0.342 e. The van der Waals surface area contributed by atoms with Gasteiger partial charge < -0.3 is 10.6 Å². The Morgan fingerprint density at radius 3 is 2.88 bits per heavy atom. The summed E-state index contributed by atoms with van der Waals surface area (Å²) in [6, 6.07) is 0.318. The minimum Gasteiger partial charge on any atom is -0.342 e. The summed E-state index contributed by atoms with van der Waals surface area (Å²) in [6.45, 7) is 1.87. The van der Waals surface area contributed by atoms with E-state index in [4.69, 9.17) is 5.73 Å². The summed E-state index contributed by atoms with van der Waals surface area (Å²) in [5, 5.41) is 7.99. The molecule has 1 saturated heterocycles. The van der Waals surface area contributed by atoms with Crippen LogP contribution in [0.25, 0.3) is 5.65 Å². The highest BCUT2D eigenvalue weighted by molar-refractivity contribution is 9.10. The number of hydrogen-bond donors (Lipinski definition) is 1. The molecule has 0 radical (unpaired) electrons. The fourth-order valence-corrected chi connectivity index (χ4v) is 2.48. The number of aromatic nitrogens is 4. The summed E-state index contributed by atoms with van der Waals surface area (Å²) in [5.74, 6) is 0.889. The summed E-state index contributed by atoms with van der Waals surface area (Å²) >= 11 is 3.42. The first-order valence-electron chi connectivity index (χ1n) is 5.60. The maximum atomic E-state index is 5.91. The molecule has 90 valence electrons. The van der Waals surface area contributed by atoms with E-state index in [1.165, 1.54) is 0 Å². The van der Waals surface area contributed by atoms with Gasteiger partial charge in [-0.15, -0.1) is 10.2 Å². The minimum absolute atomic E-state index is 0.318. The number of hydrogen-bond acceptors (Lipinski definition) is 5. The van der Waals surface area contributed by atoms with Crippen molar-refractivity contribution in [2.24, 2.45) is 5.73 Å².